The molecule has 0 rings (SSSR count). The van der Waals surface area contributed by atoms with Crippen molar-refractivity contribution in [3.05, 3.63) is 0 Å². The van der Waals surface area contributed by atoms with E-state index in [1.54, 1.807) is 0 Å². The Bertz CT molecular complexity index is 115. The maximum Gasteiger partial charge on any atom is 0.0189 e. The van der Waals surface area contributed by atoms with Crippen molar-refractivity contribution >= 4 is 0 Å². The van der Waals surface area contributed by atoms with Crippen molar-refractivity contribution in [3.63, 3.8) is 0 Å². The molecule has 12 heavy (non-hydrogen) atoms. The van der Waals surface area contributed by atoms with E-state index in [0.717, 1.165) is 13.1 Å². The molecule has 74 valence electrons. The van der Waals surface area contributed by atoms with E-state index in [1.807, 2.05) is 0 Å². The molecule has 1 N–H and O–H groups in total. The molecule has 0 aliphatic rings. The van der Waals surface area contributed by atoms with E-state index in [-0.39, 0.29) is 5.54 Å². The van der Waals surface area contributed by atoms with Crippen LogP contribution in [0.2, 0.25) is 0 Å². The molecule has 1 atom stereocenters. The average Bonchev–Trinajstić information content (AvgIpc) is 1.97. The number of nitrogens with zero attached hydrogens (tertiary/aromatic N) is 1. The van der Waals surface area contributed by atoms with Gasteiger partial charge < -0.3 is 10.2 Å². The van der Waals surface area contributed by atoms with Gasteiger partial charge in [-0.3, -0.25) is 0 Å². The second-order valence-electron chi connectivity index (χ2n) is 4.55. The van der Waals surface area contributed by atoms with Crippen LogP contribution in [0, 0.1) is 0 Å². The summed E-state index contributed by atoms with van der Waals surface area (Å²) in [6.07, 6.45) is 0. The molecule has 0 amide bonds. The zero-order valence-corrected chi connectivity index (χ0v) is 9.44. The van der Waals surface area contributed by atoms with Gasteiger partial charge in [-0.2, -0.15) is 0 Å². The number of hydrogen-bond acceptors (Lipinski definition) is 2. The van der Waals surface area contributed by atoms with Gasteiger partial charge in [-0.1, -0.05) is 6.92 Å². The molecule has 0 spiro atoms. The van der Waals surface area contributed by atoms with Gasteiger partial charge in [-0.05, 0) is 41.3 Å². The number of likely N-dealkylation sites (N-methyl/N-ethyl adjacent to an activating group) is 1. The van der Waals surface area contributed by atoms with Crippen LogP contribution in [0.15, 0.2) is 0 Å². The molecule has 0 saturated heterocycles. The Balaban J connectivity index is 3.64. The average molecular weight is 172 g/mol. The minimum absolute atomic E-state index is 0.239. The molecular formula is C10H24N2. The topological polar surface area (TPSA) is 15.3 Å². The van der Waals surface area contributed by atoms with E-state index in [1.165, 1.54) is 0 Å². The fourth-order valence-electron chi connectivity index (χ4n) is 0.921. The van der Waals surface area contributed by atoms with Crippen LogP contribution in [0.4, 0.5) is 0 Å². The van der Waals surface area contributed by atoms with Gasteiger partial charge in [0.25, 0.3) is 0 Å². The molecule has 0 saturated carbocycles. The maximum absolute atomic E-state index is 3.50. The quantitative estimate of drug-likeness (QED) is 0.694. The van der Waals surface area contributed by atoms with Gasteiger partial charge in [0.1, 0.15) is 0 Å². The Morgan fingerprint density at radius 2 is 1.83 bits per heavy atom. The second kappa shape index (κ2) is 4.83. The highest BCUT2D eigenvalue weighted by Gasteiger charge is 2.12. The molecule has 0 bridgehead atoms. The molecule has 0 aromatic carbocycles. The minimum atomic E-state index is 0.239. The van der Waals surface area contributed by atoms with E-state index in [2.05, 4.69) is 51.9 Å². The summed E-state index contributed by atoms with van der Waals surface area (Å²) in [4.78, 5) is 2.35. The maximum atomic E-state index is 3.50. The summed E-state index contributed by atoms with van der Waals surface area (Å²) >= 11 is 0. The van der Waals surface area contributed by atoms with Gasteiger partial charge in [0.2, 0.25) is 0 Å². The molecule has 0 radical (unpaired) electrons. The van der Waals surface area contributed by atoms with Crippen molar-refractivity contribution in [3.8, 4) is 0 Å². The number of rotatable bonds is 4. The fourth-order valence-corrected chi connectivity index (χ4v) is 0.921. The van der Waals surface area contributed by atoms with E-state index in [0.29, 0.717) is 6.04 Å². The van der Waals surface area contributed by atoms with Gasteiger partial charge in [0.15, 0.2) is 0 Å². The minimum Gasteiger partial charge on any atom is -0.311 e. The van der Waals surface area contributed by atoms with E-state index in [9.17, 15) is 0 Å². The highest BCUT2D eigenvalue weighted by atomic mass is 15.1. The lowest BCUT2D eigenvalue weighted by molar-refractivity contribution is 0.246. The lowest BCUT2D eigenvalue weighted by atomic mass is 10.1. The molecule has 0 aromatic rings. The van der Waals surface area contributed by atoms with E-state index >= 15 is 0 Å². The van der Waals surface area contributed by atoms with Crippen LogP contribution >= 0.6 is 0 Å². The van der Waals surface area contributed by atoms with Gasteiger partial charge >= 0.3 is 0 Å². The number of nitrogens with one attached hydrogen (secondary N) is 1. The highest BCUT2D eigenvalue weighted by molar-refractivity contribution is 4.74. The van der Waals surface area contributed by atoms with E-state index < -0.39 is 0 Å². The molecule has 0 aliphatic carbocycles. The first-order chi connectivity index (χ1) is 5.37. The van der Waals surface area contributed by atoms with Crippen LogP contribution in [0.3, 0.4) is 0 Å². The van der Waals surface area contributed by atoms with Crippen LogP contribution in [-0.4, -0.2) is 36.6 Å². The summed E-state index contributed by atoms with van der Waals surface area (Å²) in [5.41, 5.74) is 0.239. The van der Waals surface area contributed by atoms with Crippen molar-refractivity contribution in [2.45, 2.75) is 46.2 Å². The fraction of sp³-hybridized carbons (Fsp3) is 1.00. The smallest absolute Gasteiger partial charge is 0.0189 e. The van der Waals surface area contributed by atoms with Crippen molar-refractivity contribution < 1.29 is 0 Å². The normalized spacial score (nSPS) is 15.2. The van der Waals surface area contributed by atoms with Crippen LogP contribution in [0.1, 0.15) is 34.6 Å². The first-order valence-electron chi connectivity index (χ1n) is 4.82. The Hall–Kier alpha value is -0.0800. The summed E-state index contributed by atoms with van der Waals surface area (Å²) in [5.74, 6) is 0. The molecule has 2 heteroatoms. The molecule has 0 fully saturated rings. The predicted octanol–water partition coefficient (Wildman–Crippen LogP) is 1.71. The molecular weight excluding hydrogens is 148 g/mol. The number of hydrogen-bond donors (Lipinski definition) is 1. The highest BCUT2D eigenvalue weighted by Crippen LogP contribution is 2.00. The molecule has 0 aromatic heterocycles. The van der Waals surface area contributed by atoms with Gasteiger partial charge in [-0.15, -0.1) is 0 Å². The Labute approximate surface area is 77.3 Å². The summed E-state index contributed by atoms with van der Waals surface area (Å²) in [6, 6.07) is 0.620. The van der Waals surface area contributed by atoms with Crippen LogP contribution in [-0.2, 0) is 0 Å². The van der Waals surface area contributed by atoms with Gasteiger partial charge in [0.05, 0.1) is 0 Å². The lowest BCUT2D eigenvalue weighted by Gasteiger charge is -2.28. The summed E-state index contributed by atoms with van der Waals surface area (Å²) in [5, 5.41) is 3.50. The largest absolute Gasteiger partial charge is 0.311 e. The van der Waals surface area contributed by atoms with Crippen molar-refractivity contribution in [2.75, 3.05) is 20.1 Å². The Kier molecular flexibility index (Phi) is 4.80. The molecule has 0 aliphatic heterocycles. The van der Waals surface area contributed by atoms with Crippen molar-refractivity contribution in [1.29, 1.82) is 0 Å². The third-order valence-corrected chi connectivity index (χ3v) is 2.18. The third-order valence-electron chi connectivity index (χ3n) is 2.18. The standard InChI is InChI=1S/C10H24N2/c1-7-12(6)9(2)8-11-10(3,4)5/h9,11H,7-8H2,1-6H3. The second-order valence-corrected chi connectivity index (χ2v) is 4.55. The molecule has 2 nitrogen and oxygen atoms in total. The SMILES string of the molecule is CCN(C)C(C)CNC(C)(C)C. The zero-order chi connectivity index (χ0) is 9.78. The Morgan fingerprint density at radius 3 is 2.17 bits per heavy atom. The summed E-state index contributed by atoms with van der Waals surface area (Å²) in [7, 11) is 2.16. The van der Waals surface area contributed by atoms with Crippen LogP contribution in [0.25, 0.3) is 0 Å². The predicted molar refractivity (Wildman–Crippen MR) is 55.5 cm³/mol. The first-order valence-corrected chi connectivity index (χ1v) is 4.82. The monoisotopic (exact) mass is 172 g/mol. The van der Waals surface area contributed by atoms with Gasteiger partial charge in [-0.25, -0.2) is 0 Å². The van der Waals surface area contributed by atoms with Crippen molar-refractivity contribution in [2.24, 2.45) is 0 Å². The lowest BCUT2D eigenvalue weighted by Crippen LogP contribution is -2.45. The van der Waals surface area contributed by atoms with Crippen molar-refractivity contribution in [1.82, 2.24) is 10.2 Å². The zero-order valence-electron chi connectivity index (χ0n) is 9.44. The third kappa shape index (κ3) is 5.56. The van der Waals surface area contributed by atoms with Gasteiger partial charge in [0, 0.05) is 18.1 Å². The summed E-state index contributed by atoms with van der Waals surface area (Å²) < 4.78 is 0. The molecule has 1 unspecified atom stereocenters. The van der Waals surface area contributed by atoms with E-state index in [4.69, 9.17) is 0 Å². The summed E-state index contributed by atoms with van der Waals surface area (Å²) in [6.45, 7) is 13.2. The molecule has 0 heterocycles. The first kappa shape index (κ1) is 11.9. The van der Waals surface area contributed by atoms with Crippen LogP contribution in [0.5, 0.6) is 0 Å². The van der Waals surface area contributed by atoms with Crippen LogP contribution < -0.4 is 5.32 Å². The Morgan fingerprint density at radius 1 is 1.33 bits per heavy atom.